The van der Waals surface area contributed by atoms with E-state index in [1.807, 2.05) is 0 Å². The van der Waals surface area contributed by atoms with Crippen LogP contribution < -0.4 is 0 Å². The van der Waals surface area contributed by atoms with Gasteiger partial charge in [-0.05, 0) is 0 Å². The van der Waals surface area contributed by atoms with E-state index in [1.165, 1.54) is 7.11 Å². The lowest BCUT2D eigenvalue weighted by atomic mass is 10.2. The molecule has 66 valence electrons. The molecular weight excluding hydrogens is 160 g/mol. The number of carbonyl (C=O) groups is 2. The summed E-state index contributed by atoms with van der Waals surface area (Å²) in [5.41, 5.74) is -1.07. The largest absolute Gasteiger partial charge is 0.466 e. The molecular formula is C8H10O4. The third-order valence-electron chi connectivity index (χ3n) is 2.04. The van der Waals surface area contributed by atoms with Crippen molar-refractivity contribution < 1.29 is 19.1 Å². The fourth-order valence-electron chi connectivity index (χ4n) is 1.22. The van der Waals surface area contributed by atoms with E-state index in [0.717, 1.165) is 0 Å². The van der Waals surface area contributed by atoms with Gasteiger partial charge in [-0.2, -0.15) is 0 Å². The molecule has 2 unspecified atom stereocenters. The maximum Gasteiger partial charge on any atom is 0.350 e. The van der Waals surface area contributed by atoms with E-state index in [1.54, 1.807) is 6.08 Å². The summed E-state index contributed by atoms with van der Waals surface area (Å²) in [5.74, 6) is -0.616. The van der Waals surface area contributed by atoms with E-state index in [-0.39, 0.29) is 12.4 Å². The Labute approximate surface area is 70.1 Å². The molecule has 1 rings (SSSR count). The van der Waals surface area contributed by atoms with Gasteiger partial charge in [0.05, 0.1) is 7.11 Å². The van der Waals surface area contributed by atoms with E-state index < -0.39 is 11.6 Å². The lowest BCUT2D eigenvalue weighted by molar-refractivity contribution is -0.163. The first kappa shape index (κ1) is 8.77. The predicted octanol–water partition coefficient (Wildman–Crippen LogP) is 0.277. The van der Waals surface area contributed by atoms with Gasteiger partial charge < -0.3 is 9.47 Å². The molecule has 1 saturated carbocycles. The summed E-state index contributed by atoms with van der Waals surface area (Å²) in [4.78, 5) is 21.2. The molecule has 1 aliphatic carbocycles. The fraction of sp³-hybridized carbons (Fsp3) is 0.500. The van der Waals surface area contributed by atoms with E-state index in [9.17, 15) is 9.59 Å². The number of methoxy groups -OCH3 is 1. The molecule has 0 heterocycles. The molecule has 0 radical (unpaired) electrons. The Bertz CT molecular complexity index is 223. The molecule has 0 saturated heterocycles. The van der Waals surface area contributed by atoms with E-state index in [4.69, 9.17) is 0 Å². The molecule has 0 spiro atoms. The van der Waals surface area contributed by atoms with Crippen LogP contribution in [0.4, 0.5) is 0 Å². The van der Waals surface area contributed by atoms with Crippen LogP contribution in [-0.2, 0) is 19.1 Å². The van der Waals surface area contributed by atoms with Gasteiger partial charge in [-0.1, -0.05) is 6.08 Å². The van der Waals surface area contributed by atoms with Crippen molar-refractivity contribution in [2.75, 3.05) is 7.11 Å². The number of ether oxygens (including phenoxy) is 2. The van der Waals surface area contributed by atoms with Crippen LogP contribution in [0.25, 0.3) is 0 Å². The van der Waals surface area contributed by atoms with Gasteiger partial charge in [0, 0.05) is 12.3 Å². The van der Waals surface area contributed by atoms with Gasteiger partial charge >= 0.3 is 5.97 Å². The summed E-state index contributed by atoms with van der Waals surface area (Å²) in [6.45, 7) is 3.78. The average molecular weight is 170 g/mol. The molecule has 1 aliphatic rings. The maximum absolute atomic E-state index is 11.1. The number of rotatable bonds is 4. The second-order valence-electron chi connectivity index (χ2n) is 2.64. The topological polar surface area (TPSA) is 52.6 Å². The van der Waals surface area contributed by atoms with Crippen molar-refractivity contribution in [1.82, 2.24) is 0 Å². The zero-order chi connectivity index (χ0) is 9.19. The van der Waals surface area contributed by atoms with Gasteiger partial charge in [-0.25, -0.2) is 4.79 Å². The summed E-state index contributed by atoms with van der Waals surface area (Å²) in [6.07, 6.45) is 2.06. The van der Waals surface area contributed by atoms with E-state index in [0.29, 0.717) is 6.42 Å². The van der Waals surface area contributed by atoms with Gasteiger partial charge in [0.15, 0.2) is 0 Å². The molecule has 0 bridgehead atoms. The van der Waals surface area contributed by atoms with E-state index >= 15 is 0 Å². The zero-order valence-electron chi connectivity index (χ0n) is 6.78. The third-order valence-corrected chi connectivity index (χ3v) is 2.04. The molecule has 4 heteroatoms. The second-order valence-corrected chi connectivity index (χ2v) is 2.64. The summed E-state index contributed by atoms with van der Waals surface area (Å²) >= 11 is 0. The van der Waals surface area contributed by atoms with Gasteiger partial charge in [-0.15, -0.1) is 6.58 Å². The standard InChI is InChI=1S/C8H10O4/c1-3-6-4-8(6,12-5-9)7(10)11-2/h3,5-6H,1,4H2,2H3. The lowest BCUT2D eigenvalue weighted by Crippen LogP contribution is -2.29. The van der Waals surface area contributed by atoms with Crippen LogP contribution in [0, 0.1) is 5.92 Å². The predicted molar refractivity (Wildman–Crippen MR) is 40.2 cm³/mol. The molecule has 0 aromatic heterocycles. The first-order valence-corrected chi connectivity index (χ1v) is 3.53. The molecule has 12 heavy (non-hydrogen) atoms. The Morgan fingerprint density at radius 2 is 2.42 bits per heavy atom. The van der Waals surface area contributed by atoms with Crippen molar-refractivity contribution in [3.05, 3.63) is 12.7 Å². The quantitative estimate of drug-likeness (QED) is 0.345. The van der Waals surface area contributed by atoms with Crippen molar-refractivity contribution in [3.63, 3.8) is 0 Å². The van der Waals surface area contributed by atoms with Gasteiger partial charge in [0.2, 0.25) is 5.60 Å². The van der Waals surface area contributed by atoms with Crippen LogP contribution >= 0.6 is 0 Å². The molecule has 0 N–H and O–H groups in total. The second kappa shape index (κ2) is 2.97. The Morgan fingerprint density at radius 3 is 2.75 bits per heavy atom. The fourth-order valence-corrected chi connectivity index (χ4v) is 1.22. The molecule has 0 aromatic rings. The van der Waals surface area contributed by atoms with Crippen LogP contribution in [-0.4, -0.2) is 25.2 Å². The van der Waals surface area contributed by atoms with Crippen molar-refractivity contribution in [1.29, 1.82) is 0 Å². The van der Waals surface area contributed by atoms with Crippen LogP contribution in [0.15, 0.2) is 12.7 Å². The highest BCUT2D eigenvalue weighted by Gasteiger charge is 2.62. The van der Waals surface area contributed by atoms with Crippen LogP contribution in [0.1, 0.15) is 6.42 Å². The van der Waals surface area contributed by atoms with Gasteiger partial charge in [0.25, 0.3) is 6.47 Å². The minimum absolute atomic E-state index is 0.102. The van der Waals surface area contributed by atoms with Crippen LogP contribution in [0.5, 0.6) is 0 Å². The highest BCUT2D eigenvalue weighted by Crippen LogP contribution is 2.48. The minimum Gasteiger partial charge on any atom is -0.466 e. The van der Waals surface area contributed by atoms with E-state index in [2.05, 4.69) is 16.1 Å². The Morgan fingerprint density at radius 1 is 1.75 bits per heavy atom. The Hall–Kier alpha value is -1.32. The number of hydrogen-bond acceptors (Lipinski definition) is 4. The molecule has 0 aromatic carbocycles. The molecule has 1 fully saturated rings. The van der Waals surface area contributed by atoms with Crippen molar-refractivity contribution in [2.24, 2.45) is 5.92 Å². The third kappa shape index (κ3) is 1.09. The molecule has 0 aliphatic heterocycles. The van der Waals surface area contributed by atoms with Crippen LogP contribution in [0.3, 0.4) is 0 Å². The Balaban J connectivity index is 2.70. The van der Waals surface area contributed by atoms with Crippen molar-refractivity contribution in [3.8, 4) is 0 Å². The van der Waals surface area contributed by atoms with Crippen molar-refractivity contribution in [2.45, 2.75) is 12.0 Å². The maximum atomic E-state index is 11.1. The Kier molecular flexibility index (Phi) is 2.17. The highest BCUT2D eigenvalue weighted by molar-refractivity contribution is 5.85. The van der Waals surface area contributed by atoms with Gasteiger partial charge in [0.1, 0.15) is 0 Å². The van der Waals surface area contributed by atoms with Crippen molar-refractivity contribution >= 4 is 12.4 Å². The molecule has 2 atom stereocenters. The summed E-state index contributed by atoms with van der Waals surface area (Å²) in [5, 5.41) is 0. The summed E-state index contributed by atoms with van der Waals surface area (Å²) < 4.78 is 9.16. The first-order chi connectivity index (χ1) is 5.71. The normalized spacial score (nSPS) is 31.9. The molecule has 0 amide bonds. The summed E-state index contributed by atoms with van der Waals surface area (Å²) in [7, 11) is 1.26. The first-order valence-electron chi connectivity index (χ1n) is 3.53. The number of hydrogen-bond donors (Lipinski definition) is 0. The average Bonchev–Trinajstić information content (AvgIpc) is 2.79. The zero-order valence-corrected chi connectivity index (χ0v) is 6.78. The lowest BCUT2D eigenvalue weighted by Gasteiger charge is -2.10. The smallest absolute Gasteiger partial charge is 0.350 e. The molecule has 4 nitrogen and oxygen atoms in total. The highest BCUT2D eigenvalue weighted by atomic mass is 16.6. The number of carbonyl (C=O) groups excluding carboxylic acids is 2. The van der Waals surface area contributed by atoms with Gasteiger partial charge in [-0.3, -0.25) is 4.79 Å². The van der Waals surface area contributed by atoms with Crippen LogP contribution in [0.2, 0.25) is 0 Å². The SMILES string of the molecule is C=CC1CC1(OC=O)C(=O)OC. The number of esters is 1. The summed E-state index contributed by atoms with van der Waals surface area (Å²) in [6, 6.07) is 0. The minimum atomic E-state index is -1.07. The monoisotopic (exact) mass is 170 g/mol.